The molecular weight excluding hydrogens is 610 g/mol. The summed E-state index contributed by atoms with van der Waals surface area (Å²) < 4.78 is 19.1. The van der Waals surface area contributed by atoms with Gasteiger partial charge in [-0.2, -0.15) is 0 Å². The number of aromatic hydroxyl groups is 1. The number of benzene rings is 3. The number of methoxy groups -OCH3 is 1. The van der Waals surface area contributed by atoms with Crippen molar-refractivity contribution in [3.63, 3.8) is 0 Å². The highest BCUT2D eigenvalue weighted by atomic mass is 35.5. The number of phenols is 1. The number of halogens is 3. The van der Waals surface area contributed by atoms with Gasteiger partial charge in [0.1, 0.15) is 17.3 Å². The van der Waals surface area contributed by atoms with Gasteiger partial charge in [-0.1, -0.05) is 35.9 Å². The van der Waals surface area contributed by atoms with Crippen molar-refractivity contribution in [2.45, 2.75) is 28.5 Å². The molecule has 0 radical (unpaired) electrons. The number of ether oxygens (including phenoxy) is 1. The number of carbonyl (C=O) groups is 4. The second-order valence-corrected chi connectivity index (χ2v) is 12.8. The van der Waals surface area contributed by atoms with Gasteiger partial charge in [0, 0.05) is 17.5 Å². The van der Waals surface area contributed by atoms with Crippen molar-refractivity contribution >= 4 is 58.2 Å². The van der Waals surface area contributed by atoms with Gasteiger partial charge in [-0.3, -0.25) is 24.1 Å². The van der Waals surface area contributed by atoms with Crippen LogP contribution in [0, 0.1) is 23.6 Å². The smallest absolute Gasteiger partial charge is 0.258 e. The maximum atomic E-state index is 14.4. The maximum Gasteiger partial charge on any atom is 0.258 e. The van der Waals surface area contributed by atoms with Crippen LogP contribution in [0.5, 0.6) is 11.5 Å². The highest BCUT2D eigenvalue weighted by Gasteiger charge is 2.77. The topological polar surface area (TPSA) is 104 Å². The lowest BCUT2D eigenvalue weighted by Gasteiger charge is -2.50. The fourth-order valence-corrected chi connectivity index (χ4v) is 8.40. The molecule has 7 rings (SSSR count). The SMILES string of the molecule is COc1ccc([C@H]2C3=CC[C@@H]4C(=O)N(c5ccccc5)C(=O)[C@@H]4[C@@H]3C[C@@]3(Cl)C(=O)N(c4ccc(F)cc4)C(=O)[C@@]23Cl)c(O)c1. The monoisotopic (exact) mass is 634 g/mol. The highest BCUT2D eigenvalue weighted by molar-refractivity contribution is 6.58. The molecule has 0 aromatic heterocycles. The molecule has 0 spiro atoms. The Kier molecular flexibility index (Phi) is 6.43. The van der Waals surface area contributed by atoms with E-state index in [-0.39, 0.29) is 35.7 Å². The molecule has 2 aliphatic heterocycles. The molecule has 224 valence electrons. The van der Waals surface area contributed by atoms with Gasteiger partial charge in [0.2, 0.25) is 11.8 Å². The number of phenolic OH excluding ortho intramolecular Hbond substituents is 1. The van der Waals surface area contributed by atoms with E-state index in [2.05, 4.69) is 0 Å². The third-order valence-electron chi connectivity index (χ3n) is 9.46. The van der Waals surface area contributed by atoms with Gasteiger partial charge >= 0.3 is 0 Å². The van der Waals surface area contributed by atoms with E-state index in [1.54, 1.807) is 48.5 Å². The molecule has 8 nitrogen and oxygen atoms in total. The third-order valence-corrected chi connectivity index (χ3v) is 10.9. The van der Waals surface area contributed by atoms with Crippen LogP contribution in [0.4, 0.5) is 15.8 Å². The minimum Gasteiger partial charge on any atom is -0.508 e. The molecule has 0 bridgehead atoms. The molecule has 44 heavy (non-hydrogen) atoms. The van der Waals surface area contributed by atoms with Crippen LogP contribution in [0.15, 0.2) is 84.4 Å². The molecule has 2 saturated heterocycles. The van der Waals surface area contributed by atoms with Gasteiger partial charge in [0.05, 0.1) is 30.3 Å². The molecule has 11 heteroatoms. The lowest BCUT2D eigenvalue weighted by molar-refractivity contribution is -0.125. The highest BCUT2D eigenvalue weighted by Crippen LogP contribution is 2.66. The Morgan fingerprint density at radius 1 is 0.864 bits per heavy atom. The average Bonchev–Trinajstić information content (AvgIpc) is 3.36. The van der Waals surface area contributed by atoms with E-state index in [4.69, 9.17) is 27.9 Å². The molecule has 0 unspecified atom stereocenters. The molecule has 4 amide bonds. The Bertz CT molecular complexity index is 1780. The van der Waals surface area contributed by atoms with Crippen LogP contribution in [0.25, 0.3) is 0 Å². The molecule has 1 saturated carbocycles. The van der Waals surface area contributed by atoms with Crippen LogP contribution in [0.2, 0.25) is 0 Å². The number of nitrogens with zero attached hydrogens (tertiary/aromatic N) is 2. The zero-order valence-electron chi connectivity index (χ0n) is 23.2. The fourth-order valence-electron chi connectivity index (χ4n) is 7.47. The van der Waals surface area contributed by atoms with E-state index >= 15 is 0 Å². The van der Waals surface area contributed by atoms with Gasteiger partial charge in [-0.15, -0.1) is 23.2 Å². The maximum absolute atomic E-state index is 14.4. The summed E-state index contributed by atoms with van der Waals surface area (Å²) in [5.41, 5.74) is 1.25. The minimum absolute atomic E-state index is 0.0748. The van der Waals surface area contributed by atoms with Crippen LogP contribution in [-0.2, 0) is 19.2 Å². The standard InChI is InChI=1S/C33H25Cl2FN2O6/c1-44-20-11-12-22(25(39)15-20)27-21-13-14-23-26(29(41)37(28(23)40)18-5-3-2-4-6-18)24(21)16-32(34)30(42)38(31(43)33(27,32)35)19-9-7-17(36)8-10-19/h2-13,15,23-24,26-27,39H,14,16H2,1H3/t23-,24+,26-,27+,32+,33-/m0/s1. The van der Waals surface area contributed by atoms with Crippen LogP contribution in [0.1, 0.15) is 24.3 Å². The van der Waals surface area contributed by atoms with E-state index in [1.165, 1.54) is 30.2 Å². The van der Waals surface area contributed by atoms with E-state index in [9.17, 15) is 28.7 Å². The van der Waals surface area contributed by atoms with Gasteiger partial charge in [0.15, 0.2) is 9.75 Å². The van der Waals surface area contributed by atoms with Crippen molar-refractivity contribution in [3.8, 4) is 11.5 Å². The van der Waals surface area contributed by atoms with E-state index in [1.807, 2.05) is 0 Å². The summed E-state index contributed by atoms with van der Waals surface area (Å²) in [5.74, 6) is -6.48. The summed E-state index contributed by atoms with van der Waals surface area (Å²) in [5, 5.41) is 11.2. The van der Waals surface area contributed by atoms with Crippen LogP contribution in [-0.4, -0.2) is 45.6 Å². The second kappa shape index (κ2) is 9.90. The first-order valence-corrected chi connectivity index (χ1v) is 14.8. The first-order chi connectivity index (χ1) is 21.0. The van der Waals surface area contributed by atoms with Gasteiger partial charge in [-0.25, -0.2) is 9.29 Å². The number of hydrogen-bond donors (Lipinski definition) is 1. The van der Waals surface area contributed by atoms with Gasteiger partial charge in [0.25, 0.3) is 11.8 Å². The molecule has 3 fully saturated rings. The molecule has 2 aliphatic carbocycles. The molecular formula is C33H25Cl2FN2O6. The van der Waals surface area contributed by atoms with Crippen molar-refractivity contribution in [3.05, 3.63) is 95.8 Å². The first-order valence-electron chi connectivity index (χ1n) is 14.0. The third kappa shape index (κ3) is 3.69. The number of anilines is 2. The number of fused-ring (bicyclic) bond motifs is 4. The summed E-state index contributed by atoms with van der Waals surface area (Å²) in [6, 6.07) is 17.9. The molecule has 6 atom stereocenters. The predicted octanol–water partition coefficient (Wildman–Crippen LogP) is 5.31. The summed E-state index contributed by atoms with van der Waals surface area (Å²) in [6.45, 7) is 0. The molecule has 2 heterocycles. The summed E-state index contributed by atoms with van der Waals surface area (Å²) >= 11 is 14.6. The zero-order chi connectivity index (χ0) is 31.1. The zero-order valence-corrected chi connectivity index (χ0v) is 24.8. The minimum atomic E-state index is -2.15. The predicted molar refractivity (Wildman–Crippen MR) is 160 cm³/mol. The van der Waals surface area contributed by atoms with Gasteiger partial charge < -0.3 is 9.84 Å². The lowest BCUT2D eigenvalue weighted by atomic mass is 9.56. The number of para-hydroxylation sites is 1. The number of amides is 4. The summed E-state index contributed by atoms with van der Waals surface area (Å²) in [4.78, 5) is 54.1. The number of alkyl halides is 2. The van der Waals surface area contributed by atoms with E-state index < -0.39 is 57.0 Å². The summed E-state index contributed by atoms with van der Waals surface area (Å²) in [7, 11) is 1.43. The number of rotatable bonds is 4. The van der Waals surface area contributed by atoms with Crippen LogP contribution < -0.4 is 14.5 Å². The van der Waals surface area contributed by atoms with Crippen molar-refractivity contribution < 1.29 is 33.4 Å². The normalized spacial score (nSPS) is 31.0. The number of carbonyl (C=O) groups excluding carboxylic acids is 4. The van der Waals surface area contributed by atoms with Crippen molar-refractivity contribution in [2.75, 3.05) is 16.9 Å². The Labute approximate surface area is 261 Å². The Hall–Kier alpha value is -4.21. The quantitative estimate of drug-likeness (QED) is 0.237. The number of imide groups is 2. The van der Waals surface area contributed by atoms with Gasteiger partial charge in [-0.05, 0) is 61.2 Å². The van der Waals surface area contributed by atoms with Crippen molar-refractivity contribution in [1.29, 1.82) is 0 Å². The largest absolute Gasteiger partial charge is 0.508 e. The van der Waals surface area contributed by atoms with E-state index in [0.717, 1.165) is 17.0 Å². The second-order valence-electron chi connectivity index (χ2n) is 11.5. The molecule has 3 aromatic carbocycles. The molecule has 4 aliphatic rings. The van der Waals surface area contributed by atoms with E-state index in [0.29, 0.717) is 17.0 Å². The van der Waals surface area contributed by atoms with Crippen LogP contribution >= 0.6 is 23.2 Å². The number of hydrogen-bond acceptors (Lipinski definition) is 6. The number of allylic oxidation sites excluding steroid dienone is 2. The average molecular weight is 635 g/mol. The Morgan fingerprint density at radius 3 is 2.20 bits per heavy atom. The summed E-state index contributed by atoms with van der Waals surface area (Å²) in [6.07, 6.45) is 1.75. The Morgan fingerprint density at radius 2 is 1.55 bits per heavy atom. The molecule has 3 aromatic rings. The lowest BCUT2D eigenvalue weighted by Crippen LogP contribution is -2.60. The fraction of sp³-hybridized carbons (Fsp3) is 0.273. The van der Waals surface area contributed by atoms with Crippen molar-refractivity contribution in [2.24, 2.45) is 17.8 Å². The Balaban J connectivity index is 1.41. The van der Waals surface area contributed by atoms with Crippen LogP contribution in [0.3, 0.4) is 0 Å². The van der Waals surface area contributed by atoms with Crippen molar-refractivity contribution in [1.82, 2.24) is 0 Å². The first kappa shape index (κ1) is 28.6. The molecule has 1 N–H and O–H groups in total.